The first-order valence-electron chi connectivity index (χ1n) is 6.74. The Balaban J connectivity index is 1.79. The molecular formula is C15H17NO5. The number of hydrogen-bond acceptors (Lipinski definition) is 4. The Morgan fingerprint density at radius 3 is 2.67 bits per heavy atom. The first kappa shape index (κ1) is 15.2. The molecule has 1 aliphatic heterocycles. The maximum absolute atomic E-state index is 11.6. The normalized spacial score (nSPS) is 18.6. The Morgan fingerprint density at radius 2 is 2.05 bits per heavy atom. The lowest BCUT2D eigenvalue weighted by Gasteiger charge is -2.21. The molecule has 0 radical (unpaired) electrons. The van der Waals surface area contributed by atoms with Crippen molar-refractivity contribution in [3.63, 3.8) is 0 Å². The van der Waals surface area contributed by atoms with Crippen LogP contribution in [0.1, 0.15) is 35.2 Å². The van der Waals surface area contributed by atoms with Gasteiger partial charge in [0.25, 0.3) is 5.91 Å². The summed E-state index contributed by atoms with van der Waals surface area (Å²) in [7, 11) is 0. The van der Waals surface area contributed by atoms with Gasteiger partial charge in [-0.3, -0.25) is 4.79 Å². The number of amides is 1. The lowest BCUT2D eigenvalue weighted by Crippen LogP contribution is -2.32. The zero-order valence-corrected chi connectivity index (χ0v) is 11.5. The molecule has 1 aromatic carbocycles. The van der Waals surface area contributed by atoms with Crippen LogP contribution in [0.4, 0.5) is 0 Å². The van der Waals surface area contributed by atoms with Crippen molar-refractivity contribution in [2.45, 2.75) is 25.6 Å². The van der Waals surface area contributed by atoms with Crippen molar-refractivity contribution in [3.8, 4) is 0 Å². The first-order valence-corrected chi connectivity index (χ1v) is 6.74. The van der Waals surface area contributed by atoms with E-state index in [2.05, 4.69) is 5.48 Å². The molecule has 0 bridgehead atoms. The van der Waals surface area contributed by atoms with Crippen molar-refractivity contribution in [1.29, 1.82) is 0 Å². The van der Waals surface area contributed by atoms with E-state index in [0.717, 1.165) is 24.8 Å². The molecule has 1 atom stereocenters. The lowest BCUT2D eigenvalue weighted by atomic mass is 10.1. The monoisotopic (exact) mass is 291 g/mol. The van der Waals surface area contributed by atoms with Gasteiger partial charge < -0.3 is 9.84 Å². The Morgan fingerprint density at radius 1 is 1.29 bits per heavy atom. The van der Waals surface area contributed by atoms with E-state index in [9.17, 15) is 9.59 Å². The molecular weight excluding hydrogens is 274 g/mol. The number of benzene rings is 1. The summed E-state index contributed by atoms with van der Waals surface area (Å²) >= 11 is 0. The van der Waals surface area contributed by atoms with E-state index in [1.54, 1.807) is 18.2 Å². The van der Waals surface area contributed by atoms with Crippen LogP contribution in [0.5, 0.6) is 0 Å². The van der Waals surface area contributed by atoms with Gasteiger partial charge in [0.1, 0.15) is 0 Å². The highest BCUT2D eigenvalue weighted by atomic mass is 16.8. The van der Waals surface area contributed by atoms with Crippen molar-refractivity contribution < 1.29 is 24.3 Å². The third kappa shape index (κ3) is 5.02. The van der Waals surface area contributed by atoms with Gasteiger partial charge in [-0.05, 0) is 36.6 Å². The van der Waals surface area contributed by atoms with E-state index in [0.29, 0.717) is 6.61 Å². The number of aromatic carboxylic acids is 1. The summed E-state index contributed by atoms with van der Waals surface area (Å²) in [6.07, 6.45) is 5.31. The standard InChI is InChI=1S/C15H17NO5/c17-13(16-21-14-3-1-2-10-20-14)9-6-11-4-7-12(8-5-11)15(18)19/h4-9,14H,1-3,10H2,(H,16,17)(H,18,19). The number of carbonyl (C=O) groups is 2. The zero-order chi connectivity index (χ0) is 15.1. The molecule has 0 spiro atoms. The number of rotatable bonds is 5. The maximum atomic E-state index is 11.6. The average Bonchev–Trinajstić information content (AvgIpc) is 2.52. The number of ether oxygens (including phenoxy) is 1. The van der Waals surface area contributed by atoms with Gasteiger partial charge in [-0.25, -0.2) is 15.1 Å². The fourth-order valence-corrected chi connectivity index (χ4v) is 1.87. The van der Waals surface area contributed by atoms with E-state index in [-0.39, 0.29) is 11.9 Å². The second-order valence-corrected chi connectivity index (χ2v) is 4.64. The number of nitrogens with one attached hydrogen (secondary N) is 1. The summed E-state index contributed by atoms with van der Waals surface area (Å²) in [5.74, 6) is -1.38. The molecule has 0 saturated carbocycles. The van der Waals surface area contributed by atoms with E-state index >= 15 is 0 Å². The summed E-state index contributed by atoms with van der Waals surface area (Å²) < 4.78 is 5.31. The molecule has 1 amide bonds. The fraction of sp³-hybridized carbons (Fsp3) is 0.333. The molecule has 1 unspecified atom stereocenters. The Bertz CT molecular complexity index is 517. The summed E-state index contributed by atoms with van der Waals surface area (Å²) in [5.41, 5.74) is 3.24. The first-order chi connectivity index (χ1) is 10.1. The third-order valence-corrected chi connectivity index (χ3v) is 3.01. The van der Waals surface area contributed by atoms with Crippen LogP contribution in [-0.2, 0) is 14.4 Å². The highest BCUT2D eigenvalue weighted by molar-refractivity contribution is 5.91. The maximum Gasteiger partial charge on any atom is 0.335 e. The van der Waals surface area contributed by atoms with Crippen LogP contribution in [-0.4, -0.2) is 29.9 Å². The third-order valence-electron chi connectivity index (χ3n) is 3.01. The van der Waals surface area contributed by atoms with Crippen molar-refractivity contribution in [3.05, 3.63) is 41.5 Å². The fourth-order valence-electron chi connectivity index (χ4n) is 1.87. The molecule has 1 aliphatic rings. The molecule has 1 aromatic rings. The molecule has 6 nitrogen and oxygen atoms in total. The van der Waals surface area contributed by atoms with Gasteiger partial charge in [0.2, 0.25) is 0 Å². The molecule has 2 rings (SSSR count). The van der Waals surface area contributed by atoms with Crippen LogP contribution in [0.15, 0.2) is 30.3 Å². The van der Waals surface area contributed by atoms with Crippen LogP contribution >= 0.6 is 0 Å². The topological polar surface area (TPSA) is 84.9 Å². The Kier molecular flexibility index (Phi) is 5.48. The van der Waals surface area contributed by atoms with E-state index in [1.165, 1.54) is 18.2 Å². The minimum absolute atomic E-state index is 0.203. The quantitative estimate of drug-likeness (QED) is 0.640. The molecule has 1 saturated heterocycles. The van der Waals surface area contributed by atoms with E-state index < -0.39 is 11.9 Å². The van der Waals surface area contributed by atoms with E-state index in [4.69, 9.17) is 14.7 Å². The Labute approximate surface area is 122 Å². The highest BCUT2D eigenvalue weighted by Crippen LogP contribution is 2.12. The van der Waals surface area contributed by atoms with E-state index in [1.807, 2.05) is 0 Å². The predicted molar refractivity (Wildman–Crippen MR) is 75.3 cm³/mol. The minimum Gasteiger partial charge on any atom is -0.478 e. The van der Waals surface area contributed by atoms with Crippen molar-refractivity contribution in [1.82, 2.24) is 5.48 Å². The van der Waals surface area contributed by atoms with Crippen molar-refractivity contribution >= 4 is 18.0 Å². The molecule has 21 heavy (non-hydrogen) atoms. The van der Waals surface area contributed by atoms with Crippen molar-refractivity contribution in [2.75, 3.05) is 6.61 Å². The summed E-state index contributed by atoms with van der Waals surface area (Å²) in [6, 6.07) is 6.20. The predicted octanol–water partition coefficient (Wildman–Crippen LogP) is 1.97. The molecule has 0 aromatic heterocycles. The van der Waals surface area contributed by atoms with Crippen molar-refractivity contribution in [2.24, 2.45) is 0 Å². The van der Waals surface area contributed by atoms with Gasteiger partial charge in [0.15, 0.2) is 6.29 Å². The second-order valence-electron chi connectivity index (χ2n) is 4.64. The molecule has 6 heteroatoms. The number of hydrogen-bond donors (Lipinski definition) is 2. The number of carbonyl (C=O) groups excluding carboxylic acids is 1. The molecule has 2 N–H and O–H groups in total. The largest absolute Gasteiger partial charge is 0.478 e. The Hall–Kier alpha value is -2.18. The summed E-state index contributed by atoms with van der Waals surface area (Å²) in [5, 5.41) is 8.78. The second kappa shape index (κ2) is 7.56. The van der Waals surface area contributed by atoms with Crippen LogP contribution in [0, 0.1) is 0 Å². The smallest absolute Gasteiger partial charge is 0.335 e. The lowest BCUT2D eigenvalue weighted by molar-refractivity contribution is -0.198. The van der Waals surface area contributed by atoms with Crippen LogP contribution in [0.25, 0.3) is 6.08 Å². The molecule has 1 fully saturated rings. The highest BCUT2D eigenvalue weighted by Gasteiger charge is 2.14. The van der Waals surface area contributed by atoms with Gasteiger partial charge in [0.05, 0.1) is 5.56 Å². The van der Waals surface area contributed by atoms with Crippen LogP contribution < -0.4 is 5.48 Å². The van der Waals surface area contributed by atoms with Crippen LogP contribution in [0.3, 0.4) is 0 Å². The molecule has 112 valence electrons. The zero-order valence-electron chi connectivity index (χ0n) is 11.5. The van der Waals surface area contributed by atoms with Gasteiger partial charge in [-0.2, -0.15) is 0 Å². The van der Waals surface area contributed by atoms with Crippen LogP contribution in [0.2, 0.25) is 0 Å². The van der Waals surface area contributed by atoms with Gasteiger partial charge in [0, 0.05) is 19.1 Å². The SMILES string of the molecule is O=C(C=Cc1ccc(C(=O)O)cc1)NOC1CCCCO1. The van der Waals surface area contributed by atoms with Gasteiger partial charge in [-0.15, -0.1) is 0 Å². The average molecular weight is 291 g/mol. The molecule has 0 aliphatic carbocycles. The summed E-state index contributed by atoms with van der Waals surface area (Å²) in [6.45, 7) is 0.645. The van der Waals surface area contributed by atoms with Gasteiger partial charge >= 0.3 is 5.97 Å². The number of carboxylic acids is 1. The molecule has 1 heterocycles. The number of carboxylic acid groups (broad SMARTS) is 1. The minimum atomic E-state index is -0.982. The number of hydroxylamine groups is 1. The van der Waals surface area contributed by atoms with Gasteiger partial charge in [-0.1, -0.05) is 12.1 Å². The summed E-state index contributed by atoms with van der Waals surface area (Å²) in [4.78, 5) is 27.4.